The first-order valence-corrected chi connectivity index (χ1v) is 8.23. The highest BCUT2D eigenvalue weighted by Gasteiger charge is 2.15. The van der Waals surface area contributed by atoms with E-state index in [9.17, 15) is 14.4 Å². The van der Waals surface area contributed by atoms with Crippen molar-refractivity contribution in [2.24, 2.45) is 0 Å². The van der Waals surface area contributed by atoms with Gasteiger partial charge in [0.15, 0.2) is 0 Å². The van der Waals surface area contributed by atoms with Crippen LogP contribution in [-0.2, 0) is 14.3 Å². The molecule has 0 unspecified atom stereocenters. The smallest absolute Gasteiger partial charge is 0.337 e. The van der Waals surface area contributed by atoms with Gasteiger partial charge in [-0.25, -0.2) is 4.79 Å². The fourth-order valence-electron chi connectivity index (χ4n) is 2.31. The number of carbonyl (C=O) groups excluding carboxylic acids is 3. The lowest BCUT2D eigenvalue weighted by atomic mass is 10.2. The van der Waals surface area contributed by atoms with E-state index < -0.39 is 5.97 Å². The van der Waals surface area contributed by atoms with Crippen LogP contribution in [0.3, 0.4) is 0 Å². The highest BCUT2D eigenvalue weighted by Crippen LogP contribution is 2.17. The fraction of sp³-hybridized carbons (Fsp3) is 0.500. The Bertz CT molecular complexity index is 602. The molecule has 25 heavy (non-hydrogen) atoms. The number of benzene rings is 1. The Morgan fingerprint density at radius 2 is 1.88 bits per heavy atom. The maximum Gasteiger partial charge on any atom is 0.337 e. The number of methoxy groups -OCH3 is 1. The monoisotopic (exact) mass is 349 g/mol. The summed E-state index contributed by atoms with van der Waals surface area (Å²) in [6.45, 7) is 3.19. The first-order chi connectivity index (χ1) is 11.8. The first-order valence-electron chi connectivity index (χ1n) is 8.23. The highest BCUT2D eigenvalue weighted by atomic mass is 16.5. The van der Waals surface area contributed by atoms with Gasteiger partial charge in [0, 0.05) is 32.1 Å². The summed E-state index contributed by atoms with van der Waals surface area (Å²) < 4.78 is 4.69. The second-order valence-corrected chi connectivity index (χ2v) is 5.97. The van der Waals surface area contributed by atoms with E-state index in [2.05, 4.69) is 10.2 Å². The highest BCUT2D eigenvalue weighted by molar-refractivity contribution is 5.95. The topological polar surface area (TPSA) is 79.0 Å². The van der Waals surface area contributed by atoms with Crippen LogP contribution < -0.4 is 10.2 Å². The van der Waals surface area contributed by atoms with Gasteiger partial charge in [-0.3, -0.25) is 9.59 Å². The lowest BCUT2D eigenvalue weighted by Gasteiger charge is -2.21. The molecule has 0 heterocycles. The number of nitrogens with one attached hydrogen (secondary N) is 1. The van der Waals surface area contributed by atoms with Crippen LogP contribution in [0.15, 0.2) is 24.3 Å². The van der Waals surface area contributed by atoms with Crippen LogP contribution in [-0.4, -0.2) is 63.5 Å². The summed E-state index contributed by atoms with van der Waals surface area (Å²) in [7, 11) is 5.27. The zero-order chi connectivity index (χ0) is 18.8. The van der Waals surface area contributed by atoms with Gasteiger partial charge in [-0.15, -0.1) is 0 Å². The molecule has 0 aromatic heterocycles. The van der Waals surface area contributed by atoms with Gasteiger partial charge in [0.2, 0.25) is 11.8 Å². The molecule has 0 atom stereocenters. The summed E-state index contributed by atoms with van der Waals surface area (Å²) in [4.78, 5) is 39.0. The number of hydrogen-bond donors (Lipinski definition) is 1. The first kappa shape index (κ1) is 20.6. The lowest BCUT2D eigenvalue weighted by Crippen LogP contribution is -2.34. The minimum Gasteiger partial charge on any atom is -0.465 e. The van der Waals surface area contributed by atoms with Gasteiger partial charge in [-0.05, 0) is 45.3 Å². The number of ether oxygens (including phenoxy) is 1. The molecular formula is C18H27N3O4. The molecule has 7 heteroatoms. The zero-order valence-corrected chi connectivity index (χ0v) is 15.4. The molecular weight excluding hydrogens is 322 g/mol. The van der Waals surface area contributed by atoms with Gasteiger partial charge in [0.1, 0.15) is 0 Å². The molecule has 138 valence electrons. The van der Waals surface area contributed by atoms with Crippen LogP contribution in [0.2, 0.25) is 0 Å². The average Bonchev–Trinajstić information content (AvgIpc) is 2.58. The Balaban J connectivity index is 2.62. The summed E-state index contributed by atoms with van der Waals surface area (Å²) in [5.74, 6) is -0.763. The summed E-state index contributed by atoms with van der Waals surface area (Å²) in [5.41, 5.74) is 0.926. The third-order valence-corrected chi connectivity index (χ3v) is 3.63. The van der Waals surface area contributed by atoms with E-state index >= 15 is 0 Å². The number of anilines is 1. The number of hydrogen-bond acceptors (Lipinski definition) is 5. The van der Waals surface area contributed by atoms with Gasteiger partial charge in [-0.1, -0.05) is 6.07 Å². The van der Waals surface area contributed by atoms with Crippen molar-refractivity contribution >= 4 is 23.5 Å². The summed E-state index contributed by atoms with van der Waals surface area (Å²) in [6, 6.07) is 6.61. The molecule has 0 aliphatic carbocycles. The minimum absolute atomic E-state index is 0.103. The maximum atomic E-state index is 11.9. The van der Waals surface area contributed by atoms with Crippen LogP contribution in [0.25, 0.3) is 0 Å². The molecule has 1 N–H and O–H groups in total. The Hall–Kier alpha value is -2.41. The predicted octanol–water partition coefficient (Wildman–Crippen LogP) is 1.28. The Kier molecular flexibility index (Phi) is 8.63. The molecule has 0 saturated carbocycles. The minimum atomic E-state index is -0.469. The number of amides is 2. The molecule has 0 aliphatic rings. The summed E-state index contributed by atoms with van der Waals surface area (Å²) >= 11 is 0. The molecule has 0 saturated heterocycles. The van der Waals surface area contributed by atoms with E-state index in [1.54, 1.807) is 24.3 Å². The second-order valence-electron chi connectivity index (χ2n) is 5.97. The SMILES string of the molecule is COC(=O)c1cccc(N(CCC(=O)NCCCN(C)C)C(C)=O)c1. The van der Waals surface area contributed by atoms with Crippen LogP contribution in [0, 0.1) is 0 Å². The Morgan fingerprint density at radius 1 is 1.16 bits per heavy atom. The third kappa shape index (κ3) is 7.34. The van der Waals surface area contributed by atoms with E-state index in [0.29, 0.717) is 17.8 Å². The Morgan fingerprint density at radius 3 is 2.48 bits per heavy atom. The van der Waals surface area contributed by atoms with Crippen molar-refractivity contribution < 1.29 is 19.1 Å². The lowest BCUT2D eigenvalue weighted by molar-refractivity contribution is -0.121. The number of esters is 1. The summed E-state index contributed by atoms with van der Waals surface area (Å²) in [6.07, 6.45) is 1.07. The summed E-state index contributed by atoms with van der Waals surface area (Å²) in [5, 5.41) is 2.84. The van der Waals surface area contributed by atoms with Crippen molar-refractivity contribution in [3.8, 4) is 0 Å². The van der Waals surface area contributed by atoms with Crippen molar-refractivity contribution in [2.45, 2.75) is 19.8 Å². The van der Waals surface area contributed by atoms with Crippen molar-refractivity contribution in [3.05, 3.63) is 29.8 Å². The largest absolute Gasteiger partial charge is 0.465 e. The molecule has 0 spiro atoms. The molecule has 0 fully saturated rings. The third-order valence-electron chi connectivity index (χ3n) is 3.63. The van der Waals surface area contributed by atoms with Crippen molar-refractivity contribution in [1.82, 2.24) is 10.2 Å². The van der Waals surface area contributed by atoms with Crippen LogP contribution in [0.4, 0.5) is 5.69 Å². The van der Waals surface area contributed by atoms with Gasteiger partial charge >= 0.3 is 5.97 Å². The standard InChI is InChI=1S/C18H27N3O4/c1-14(22)21(12-9-17(23)19-10-6-11-20(2)3)16-8-5-7-15(13-16)18(24)25-4/h5,7-8,13H,6,9-12H2,1-4H3,(H,19,23). The number of carbonyl (C=O) groups is 3. The normalized spacial score (nSPS) is 10.4. The fourth-order valence-corrected chi connectivity index (χ4v) is 2.31. The van der Waals surface area contributed by atoms with E-state index in [0.717, 1.165) is 13.0 Å². The zero-order valence-electron chi connectivity index (χ0n) is 15.4. The van der Waals surface area contributed by atoms with Crippen molar-refractivity contribution in [3.63, 3.8) is 0 Å². The molecule has 7 nitrogen and oxygen atoms in total. The molecule has 0 bridgehead atoms. The molecule has 0 radical (unpaired) electrons. The quantitative estimate of drug-likeness (QED) is 0.537. The van der Waals surface area contributed by atoms with E-state index in [-0.39, 0.29) is 24.8 Å². The molecule has 1 aromatic carbocycles. The van der Waals surface area contributed by atoms with Crippen LogP contribution in [0.1, 0.15) is 30.1 Å². The molecule has 1 rings (SSSR count). The van der Waals surface area contributed by atoms with Gasteiger partial charge in [0.25, 0.3) is 0 Å². The predicted molar refractivity (Wildman–Crippen MR) is 96.6 cm³/mol. The molecule has 1 aromatic rings. The molecule has 0 aliphatic heterocycles. The molecule has 2 amide bonds. The van der Waals surface area contributed by atoms with Gasteiger partial charge in [-0.2, -0.15) is 0 Å². The van der Waals surface area contributed by atoms with Crippen LogP contribution >= 0.6 is 0 Å². The van der Waals surface area contributed by atoms with Crippen molar-refractivity contribution in [2.75, 3.05) is 45.7 Å². The van der Waals surface area contributed by atoms with Gasteiger partial charge < -0.3 is 19.9 Å². The number of rotatable bonds is 9. The van der Waals surface area contributed by atoms with Crippen LogP contribution in [0.5, 0.6) is 0 Å². The van der Waals surface area contributed by atoms with Gasteiger partial charge in [0.05, 0.1) is 12.7 Å². The van der Waals surface area contributed by atoms with Crippen molar-refractivity contribution in [1.29, 1.82) is 0 Å². The Labute approximate surface area is 148 Å². The van der Waals surface area contributed by atoms with E-state index in [1.807, 2.05) is 14.1 Å². The average molecular weight is 349 g/mol. The number of nitrogens with zero attached hydrogens (tertiary/aromatic N) is 2. The van der Waals surface area contributed by atoms with E-state index in [1.165, 1.54) is 18.9 Å². The maximum absolute atomic E-state index is 11.9. The second kappa shape index (κ2) is 10.5. The van der Waals surface area contributed by atoms with E-state index in [4.69, 9.17) is 4.74 Å².